The van der Waals surface area contributed by atoms with Crippen molar-refractivity contribution in [3.05, 3.63) is 59.7 Å². The Kier molecular flexibility index (Phi) is 6.83. The zero-order valence-corrected chi connectivity index (χ0v) is 14.3. The van der Waals surface area contributed by atoms with Gasteiger partial charge in [0.05, 0.1) is 12.2 Å². The minimum atomic E-state index is -0.536. The number of para-hydroxylation sites is 1. The highest BCUT2D eigenvalue weighted by Gasteiger charge is 2.08. The first-order chi connectivity index (χ1) is 12.1. The van der Waals surface area contributed by atoms with Crippen LogP contribution < -0.4 is 10.1 Å². The molecule has 1 amide bonds. The lowest BCUT2D eigenvalue weighted by Crippen LogP contribution is -2.14. The van der Waals surface area contributed by atoms with Crippen molar-refractivity contribution in [3.8, 4) is 5.75 Å². The van der Waals surface area contributed by atoms with Crippen LogP contribution in [0.4, 0.5) is 10.5 Å². The van der Waals surface area contributed by atoms with Crippen molar-refractivity contribution < 1.29 is 23.8 Å². The average molecular weight is 343 g/mol. The summed E-state index contributed by atoms with van der Waals surface area (Å²) in [5, 5.41) is 2.55. The Labute approximate surface area is 146 Å². The maximum atomic E-state index is 12.0. The Morgan fingerprint density at radius 2 is 1.68 bits per heavy atom. The molecule has 0 fully saturated rings. The average Bonchev–Trinajstić information content (AvgIpc) is 2.61. The third-order valence-corrected chi connectivity index (χ3v) is 3.31. The predicted molar refractivity (Wildman–Crippen MR) is 94.0 cm³/mol. The molecule has 0 saturated carbocycles. The van der Waals surface area contributed by atoms with Crippen molar-refractivity contribution >= 4 is 17.7 Å². The Hall–Kier alpha value is -3.02. The van der Waals surface area contributed by atoms with Gasteiger partial charge in [0, 0.05) is 5.69 Å². The van der Waals surface area contributed by atoms with Gasteiger partial charge in [-0.2, -0.15) is 0 Å². The minimum Gasteiger partial charge on any atom is -0.490 e. The number of benzene rings is 2. The summed E-state index contributed by atoms with van der Waals surface area (Å²) < 4.78 is 15.5. The van der Waals surface area contributed by atoms with Crippen LogP contribution in [0.2, 0.25) is 0 Å². The van der Waals surface area contributed by atoms with E-state index in [9.17, 15) is 9.59 Å². The molecule has 0 atom stereocenters. The first kappa shape index (κ1) is 18.3. The van der Waals surface area contributed by atoms with Gasteiger partial charge in [0.25, 0.3) is 0 Å². The van der Waals surface area contributed by atoms with Crippen molar-refractivity contribution in [2.75, 3.05) is 25.1 Å². The molecule has 0 unspecified atom stereocenters. The zero-order valence-electron chi connectivity index (χ0n) is 14.3. The molecule has 25 heavy (non-hydrogen) atoms. The van der Waals surface area contributed by atoms with Crippen LogP contribution in [0.15, 0.2) is 48.5 Å². The van der Waals surface area contributed by atoms with Crippen LogP contribution in [-0.4, -0.2) is 31.9 Å². The van der Waals surface area contributed by atoms with Crippen LogP contribution in [0.1, 0.15) is 22.8 Å². The van der Waals surface area contributed by atoms with E-state index >= 15 is 0 Å². The number of amides is 1. The number of nitrogens with one attached hydrogen (secondary N) is 1. The van der Waals surface area contributed by atoms with Gasteiger partial charge < -0.3 is 14.2 Å². The summed E-state index contributed by atoms with van der Waals surface area (Å²) in [6, 6.07) is 14.0. The van der Waals surface area contributed by atoms with Gasteiger partial charge in [-0.15, -0.1) is 0 Å². The van der Waals surface area contributed by atoms with Gasteiger partial charge in [-0.05, 0) is 49.7 Å². The highest BCUT2D eigenvalue weighted by Crippen LogP contribution is 2.16. The van der Waals surface area contributed by atoms with Gasteiger partial charge >= 0.3 is 12.1 Å². The predicted octanol–water partition coefficient (Wildman–Crippen LogP) is 3.80. The third-order valence-electron chi connectivity index (χ3n) is 3.31. The van der Waals surface area contributed by atoms with Crippen LogP contribution in [-0.2, 0) is 9.47 Å². The fourth-order valence-electron chi connectivity index (χ4n) is 2.06. The summed E-state index contributed by atoms with van der Waals surface area (Å²) in [5.74, 6) is 0.323. The van der Waals surface area contributed by atoms with Crippen LogP contribution in [0.25, 0.3) is 0 Å². The summed E-state index contributed by atoms with van der Waals surface area (Å²) in [6.07, 6.45) is -0.536. The van der Waals surface area contributed by atoms with E-state index in [1.165, 1.54) is 0 Å². The molecular weight excluding hydrogens is 322 g/mol. The third kappa shape index (κ3) is 5.84. The van der Waals surface area contributed by atoms with Gasteiger partial charge in [-0.3, -0.25) is 5.32 Å². The van der Waals surface area contributed by atoms with Crippen LogP contribution in [0.3, 0.4) is 0 Å². The molecule has 6 nitrogen and oxygen atoms in total. The number of rotatable bonds is 7. The lowest BCUT2D eigenvalue weighted by molar-refractivity contribution is 0.0450. The molecule has 0 bridgehead atoms. The van der Waals surface area contributed by atoms with E-state index in [0.717, 1.165) is 11.3 Å². The quantitative estimate of drug-likeness (QED) is 0.611. The molecule has 0 aliphatic carbocycles. The summed E-state index contributed by atoms with van der Waals surface area (Å²) in [7, 11) is 0. The summed E-state index contributed by atoms with van der Waals surface area (Å²) in [5.41, 5.74) is 1.96. The zero-order chi connectivity index (χ0) is 18.1. The van der Waals surface area contributed by atoms with E-state index in [1.54, 1.807) is 31.2 Å². The van der Waals surface area contributed by atoms with Gasteiger partial charge in [0.15, 0.2) is 0 Å². The van der Waals surface area contributed by atoms with Crippen molar-refractivity contribution in [3.63, 3.8) is 0 Å². The summed E-state index contributed by atoms with van der Waals surface area (Å²) >= 11 is 0. The highest BCUT2D eigenvalue weighted by atomic mass is 16.6. The second-order valence-electron chi connectivity index (χ2n) is 5.17. The maximum absolute atomic E-state index is 12.0. The van der Waals surface area contributed by atoms with Crippen LogP contribution in [0, 0.1) is 6.92 Å². The maximum Gasteiger partial charge on any atom is 0.411 e. The van der Waals surface area contributed by atoms with Gasteiger partial charge in [0.2, 0.25) is 0 Å². The second-order valence-corrected chi connectivity index (χ2v) is 5.17. The van der Waals surface area contributed by atoms with E-state index in [1.807, 2.05) is 31.2 Å². The standard InChI is InChI=1S/C19H21NO5/c1-3-23-19(22)20-16-10-8-15(9-11-16)18(21)25-13-12-24-17-7-5-4-6-14(17)2/h4-11H,3,12-13H2,1-2H3,(H,20,22). The number of aryl methyl sites for hydroxylation is 1. The topological polar surface area (TPSA) is 73.9 Å². The van der Waals surface area contributed by atoms with Gasteiger partial charge in [0.1, 0.15) is 19.0 Å². The first-order valence-corrected chi connectivity index (χ1v) is 7.99. The Balaban J connectivity index is 1.77. The summed E-state index contributed by atoms with van der Waals surface area (Å²) in [4.78, 5) is 23.3. The molecule has 2 aromatic rings. The van der Waals surface area contributed by atoms with E-state index < -0.39 is 12.1 Å². The largest absolute Gasteiger partial charge is 0.490 e. The Morgan fingerprint density at radius 1 is 0.960 bits per heavy atom. The van der Waals surface area contributed by atoms with Crippen molar-refractivity contribution in [1.82, 2.24) is 0 Å². The fourth-order valence-corrected chi connectivity index (χ4v) is 2.06. The number of esters is 1. The smallest absolute Gasteiger partial charge is 0.411 e. The molecule has 0 heterocycles. The van der Waals surface area contributed by atoms with Crippen LogP contribution in [0.5, 0.6) is 5.75 Å². The lowest BCUT2D eigenvalue weighted by atomic mass is 10.2. The SMILES string of the molecule is CCOC(=O)Nc1ccc(C(=O)OCCOc2ccccc2C)cc1. The number of hydrogen-bond acceptors (Lipinski definition) is 5. The van der Waals surface area contributed by atoms with Crippen molar-refractivity contribution in [2.24, 2.45) is 0 Å². The molecule has 6 heteroatoms. The second kappa shape index (κ2) is 9.32. The summed E-state index contributed by atoms with van der Waals surface area (Å²) in [6.45, 7) is 4.39. The number of ether oxygens (including phenoxy) is 3. The lowest BCUT2D eigenvalue weighted by Gasteiger charge is -2.10. The molecule has 0 spiro atoms. The molecule has 0 radical (unpaired) electrons. The number of anilines is 1. The minimum absolute atomic E-state index is 0.149. The van der Waals surface area contributed by atoms with Crippen molar-refractivity contribution in [1.29, 1.82) is 0 Å². The highest BCUT2D eigenvalue weighted by molar-refractivity contribution is 5.91. The van der Waals surface area contributed by atoms with Gasteiger partial charge in [-0.1, -0.05) is 18.2 Å². The van der Waals surface area contributed by atoms with E-state index in [2.05, 4.69) is 5.32 Å². The molecule has 132 valence electrons. The van der Waals surface area contributed by atoms with Crippen LogP contribution >= 0.6 is 0 Å². The molecular formula is C19H21NO5. The van der Waals surface area contributed by atoms with Gasteiger partial charge in [-0.25, -0.2) is 9.59 Å². The Bertz CT molecular complexity index is 712. The molecule has 0 saturated heterocycles. The normalized spacial score (nSPS) is 10.0. The first-order valence-electron chi connectivity index (χ1n) is 7.99. The van der Waals surface area contributed by atoms with E-state index in [0.29, 0.717) is 17.9 Å². The van der Waals surface area contributed by atoms with E-state index in [4.69, 9.17) is 14.2 Å². The number of hydrogen-bond donors (Lipinski definition) is 1. The van der Waals surface area contributed by atoms with Crippen molar-refractivity contribution in [2.45, 2.75) is 13.8 Å². The molecule has 2 rings (SSSR count). The Morgan fingerprint density at radius 3 is 2.36 bits per heavy atom. The number of carbonyl (C=O) groups excluding carboxylic acids is 2. The molecule has 0 aromatic heterocycles. The molecule has 2 aromatic carbocycles. The van der Waals surface area contributed by atoms with E-state index in [-0.39, 0.29) is 13.2 Å². The monoisotopic (exact) mass is 343 g/mol. The fraction of sp³-hybridized carbons (Fsp3) is 0.263. The molecule has 1 N–H and O–H groups in total. The molecule has 0 aliphatic rings. The number of carbonyl (C=O) groups is 2. The molecule has 0 aliphatic heterocycles.